The third kappa shape index (κ3) is 2.84. The Bertz CT molecular complexity index is 691. The summed E-state index contributed by atoms with van der Waals surface area (Å²) >= 11 is 0. The molecule has 2 rings (SSSR count). The first kappa shape index (κ1) is 14.9. The van der Waals surface area contributed by atoms with Crippen LogP contribution in [0, 0.1) is 17.0 Å². The molecule has 1 heterocycles. The van der Waals surface area contributed by atoms with Gasteiger partial charge in [-0.25, -0.2) is 0 Å². The highest BCUT2D eigenvalue weighted by atomic mass is 16.6. The first-order chi connectivity index (χ1) is 9.97. The molecule has 0 aliphatic rings. The van der Waals surface area contributed by atoms with E-state index in [1.165, 1.54) is 6.07 Å². The highest BCUT2D eigenvalue weighted by molar-refractivity contribution is 5.85. The number of aldehydes is 1. The van der Waals surface area contributed by atoms with Gasteiger partial charge in [-0.3, -0.25) is 19.6 Å². The van der Waals surface area contributed by atoms with Gasteiger partial charge in [0.25, 0.3) is 5.69 Å². The number of carbonyl (C=O) groups excluding carboxylic acids is 1. The summed E-state index contributed by atoms with van der Waals surface area (Å²) in [5.74, 6) is 0. The SMILES string of the molecule is CCC(C)n1cc(C=O)c(-c2ccc(C)c([N+](=O)[O-])c2)n1. The highest BCUT2D eigenvalue weighted by Crippen LogP contribution is 2.28. The number of nitro groups is 1. The number of nitrogens with zero attached hydrogens (tertiary/aromatic N) is 3. The minimum absolute atomic E-state index is 0.0300. The van der Waals surface area contributed by atoms with Crippen molar-refractivity contribution < 1.29 is 9.72 Å². The number of carbonyl (C=O) groups is 1. The minimum atomic E-state index is -0.426. The number of rotatable bonds is 5. The van der Waals surface area contributed by atoms with Crippen molar-refractivity contribution in [1.29, 1.82) is 0 Å². The Balaban J connectivity index is 2.56. The third-order valence-corrected chi connectivity index (χ3v) is 3.61. The van der Waals surface area contributed by atoms with E-state index in [4.69, 9.17) is 0 Å². The van der Waals surface area contributed by atoms with Crippen molar-refractivity contribution in [1.82, 2.24) is 9.78 Å². The predicted molar refractivity (Wildman–Crippen MR) is 79.4 cm³/mol. The predicted octanol–water partition coefficient (Wildman–Crippen LogP) is 3.55. The fourth-order valence-corrected chi connectivity index (χ4v) is 2.08. The lowest BCUT2D eigenvalue weighted by Crippen LogP contribution is -2.04. The Kier molecular flexibility index (Phi) is 4.16. The molecule has 0 amide bonds. The molecule has 1 atom stereocenters. The largest absolute Gasteiger partial charge is 0.298 e. The van der Waals surface area contributed by atoms with Crippen molar-refractivity contribution in [2.75, 3.05) is 0 Å². The summed E-state index contributed by atoms with van der Waals surface area (Å²) in [7, 11) is 0. The smallest absolute Gasteiger partial charge is 0.272 e. The molecule has 0 fully saturated rings. The number of benzene rings is 1. The summed E-state index contributed by atoms with van der Waals surface area (Å²) < 4.78 is 1.73. The summed E-state index contributed by atoms with van der Waals surface area (Å²) in [5.41, 5.74) is 2.11. The van der Waals surface area contributed by atoms with E-state index in [2.05, 4.69) is 5.10 Å². The lowest BCUT2D eigenvalue weighted by Gasteiger charge is -2.08. The Morgan fingerprint density at radius 3 is 2.76 bits per heavy atom. The number of aromatic nitrogens is 2. The van der Waals surface area contributed by atoms with E-state index >= 15 is 0 Å². The summed E-state index contributed by atoms with van der Waals surface area (Å²) in [6.45, 7) is 5.71. The van der Waals surface area contributed by atoms with Crippen LogP contribution in [0.5, 0.6) is 0 Å². The van der Waals surface area contributed by atoms with Crippen LogP contribution in [0.15, 0.2) is 24.4 Å². The molecule has 1 aromatic carbocycles. The fraction of sp³-hybridized carbons (Fsp3) is 0.333. The molecule has 0 saturated carbocycles. The van der Waals surface area contributed by atoms with Crippen LogP contribution >= 0.6 is 0 Å². The molecule has 0 spiro atoms. The van der Waals surface area contributed by atoms with E-state index in [-0.39, 0.29) is 11.7 Å². The van der Waals surface area contributed by atoms with Gasteiger partial charge >= 0.3 is 0 Å². The molecule has 1 aromatic heterocycles. The Morgan fingerprint density at radius 1 is 1.48 bits per heavy atom. The standard InChI is InChI=1S/C15H17N3O3/c1-4-11(3)17-8-13(9-19)15(16-17)12-6-5-10(2)14(7-12)18(20)21/h5-9,11H,4H2,1-3H3. The molecule has 0 aliphatic heterocycles. The van der Waals surface area contributed by atoms with Crippen LogP contribution in [0.1, 0.15) is 42.2 Å². The first-order valence-electron chi connectivity index (χ1n) is 6.77. The van der Waals surface area contributed by atoms with Crippen molar-refractivity contribution >= 4 is 12.0 Å². The number of hydrogen-bond acceptors (Lipinski definition) is 4. The molecule has 0 N–H and O–H groups in total. The van der Waals surface area contributed by atoms with E-state index in [0.29, 0.717) is 22.4 Å². The third-order valence-electron chi connectivity index (χ3n) is 3.61. The number of nitro benzene ring substituents is 1. The van der Waals surface area contributed by atoms with Gasteiger partial charge in [-0.15, -0.1) is 0 Å². The van der Waals surface area contributed by atoms with Gasteiger partial charge < -0.3 is 0 Å². The quantitative estimate of drug-likeness (QED) is 0.478. The van der Waals surface area contributed by atoms with Crippen molar-refractivity contribution in [3.05, 3.63) is 45.6 Å². The van der Waals surface area contributed by atoms with Gasteiger partial charge in [-0.1, -0.05) is 19.1 Å². The average molecular weight is 287 g/mol. The van der Waals surface area contributed by atoms with Gasteiger partial charge in [0.05, 0.1) is 10.5 Å². The molecule has 110 valence electrons. The van der Waals surface area contributed by atoms with Crippen LogP contribution in [0.4, 0.5) is 5.69 Å². The van der Waals surface area contributed by atoms with Crippen LogP contribution in [0.3, 0.4) is 0 Å². The topological polar surface area (TPSA) is 78.0 Å². The molecule has 0 bridgehead atoms. The summed E-state index contributed by atoms with van der Waals surface area (Å²) in [4.78, 5) is 21.8. The normalized spacial score (nSPS) is 12.1. The molecule has 6 heteroatoms. The van der Waals surface area contributed by atoms with Crippen molar-refractivity contribution in [3.8, 4) is 11.3 Å². The van der Waals surface area contributed by atoms with Crippen molar-refractivity contribution in [2.45, 2.75) is 33.2 Å². The molecule has 1 unspecified atom stereocenters. The van der Waals surface area contributed by atoms with Gasteiger partial charge in [0.1, 0.15) is 5.69 Å². The zero-order valence-corrected chi connectivity index (χ0v) is 12.2. The second kappa shape index (κ2) is 5.87. The molecular formula is C15H17N3O3. The zero-order chi connectivity index (χ0) is 15.6. The Hall–Kier alpha value is -2.50. The minimum Gasteiger partial charge on any atom is -0.298 e. The molecule has 0 aliphatic carbocycles. The van der Waals surface area contributed by atoms with Gasteiger partial charge in [-0.2, -0.15) is 5.10 Å². The van der Waals surface area contributed by atoms with E-state index in [1.54, 1.807) is 29.9 Å². The molecular weight excluding hydrogens is 270 g/mol. The van der Waals surface area contributed by atoms with Crippen LogP contribution in [-0.4, -0.2) is 21.0 Å². The van der Waals surface area contributed by atoms with E-state index < -0.39 is 4.92 Å². The van der Waals surface area contributed by atoms with Crippen LogP contribution in [-0.2, 0) is 0 Å². The first-order valence-corrected chi connectivity index (χ1v) is 6.77. The zero-order valence-electron chi connectivity index (χ0n) is 12.2. The monoisotopic (exact) mass is 287 g/mol. The van der Waals surface area contributed by atoms with Crippen LogP contribution < -0.4 is 0 Å². The lowest BCUT2D eigenvalue weighted by molar-refractivity contribution is -0.385. The number of aryl methyl sites for hydroxylation is 1. The maximum atomic E-state index is 11.2. The Morgan fingerprint density at radius 2 is 2.19 bits per heavy atom. The maximum absolute atomic E-state index is 11.2. The van der Waals surface area contributed by atoms with Crippen LogP contribution in [0.25, 0.3) is 11.3 Å². The maximum Gasteiger partial charge on any atom is 0.272 e. The van der Waals surface area contributed by atoms with E-state index in [0.717, 1.165) is 12.7 Å². The summed E-state index contributed by atoms with van der Waals surface area (Å²) in [6, 6.07) is 5.05. The number of hydrogen-bond donors (Lipinski definition) is 0. The average Bonchev–Trinajstić information content (AvgIpc) is 2.90. The van der Waals surface area contributed by atoms with E-state index in [9.17, 15) is 14.9 Å². The van der Waals surface area contributed by atoms with Gasteiger partial charge in [-0.05, 0) is 20.3 Å². The van der Waals surface area contributed by atoms with Crippen molar-refractivity contribution in [2.24, 2.45) is 0 Å². The van der Waals surface area contributed by atoms with Gasteiger partial charge in [0.15, 0.2) is 6.29 Å². The highest BCUT2D eigenvalue weighted by Gasteiger charge is 2.17. The summed E-state index contributed by atoms with van der Waals surface area (Å²) in [6.07, 6.45) is 3.29. The van der Waals surface area contributed by atoms with Crippen LogP contribution in [0.2, 0.25) is 0 Å². The molecule has 0 saturated heterocycles. The Labute approximate surface area is 122 Å². The molecule has 21 heavy (non-hydrogen) atoms. The van der Waals surface area contributed by atoms with Gasteiger partial charge in [0, 0.05) is 29.4 Å². The van der Waals surface area contributed by atoms with Crippen molar-refractivity contribution in [3.63, 3.8) is 0 Å². The molecule has 0 radical (unpaired) electrons. The second-order valence-electron chi connectivity index (χ2n) is 5.05. The fourth-order valence-electron chi connectivity index (χ4n) is 2.08. The second-order valence-corrected chi connectivity index (χ2v) is 5.05. The molecule has 2 aromatic rings. The van der Waals surface area contributed by atoms with E-state index in [1.807, 2.05) is 13.8 Å². The van der Waals surface area contributed by atoms with Gasteiger partial charge in [0.2, 0.25) is 0 Å². The lowest BCUT2D eigenvalue weighted by atomic mass is 10.1. The molecule has 6 nitrogen and oxygen atoms in total. The summed E-state index contributed by atoms with van der Waals surface area (Å²) in [5, 5.41) is 15.4.